The number of rotatable bonds is 8. The van der Waals surface area contributed by atoms with Gasteiger partial charge in [0.05, 0.1) is 4.90 Å². The van der Waals surface area contributed by atoms with Gasteiger partial charge in [0.2, 0.25) is 10.0 Å². The van der Waals surface area contributed by atoms with Gasteiger partial charge in [0.25, 0.3) is 0 Å². The van der Waals surface area contributed by atoms with Crippen molar-refractivity contribution in [2.24, 2.45) is 0 Å². The van der Waals surface area contributed by atoms with Gasteiger partial charge >= 0.3 is 6.03 Å². The largest absolute Gasteiger partial charge is 0.323 e. The molecule has 140 valence electrons. The molecule has 0 unspecified atom stereocenters. The van der Waals surface area contributed by atoms with E-state index in [9.17, 15) is 13.2 Å². The van der Waals surface area contributed by atoms with Gasteiger partial charge in [-0.2, -0.15) is 4.31 Å². The van der Waals surface area contributed by atoms with Gasteiger partial charge in [-0.15, -0.1) is 0 Å². The van der Waals surface area contributed by atoms with Crippen LogP contribution in [0.5, 0.6) is 0 Å². The van der Waals surface area contributed by atoms with Gasteiger partial charge in [0.1, 0.15) is 0 Å². The van der Waals surface area contributed by atoms with E-state index >= 15 is 0 Å². The first kappa shape index (κ1) is 19.9. The normalized spacial score (nSPS) is 11.3. The van der Waals surface area contributed by atoms with E-state index in [1.54, 1.807) is 24.3 Å². The average molecular weight is 375 g/mol. The van der Waals surface area contributed by atoms with Gasteiger partial charge in [-0.05, 0) is 49.2 Å². The molecule has 0 saturated heterocycles. The molecule has 2 rings (SSSR count). The van der Waals surface area contributed by atoms with Crippen LogP contribution in [0.4, 0.5) is 16.2 Å². The number of para-hydroxylation sites is 1. The molecule has 0 heterocycles. The summed E-state index contributed by atoms with van der Waals surface area (Å²) in [7, 11) is -3.51. The van der Waals surface area contributed by atoms with E-state index < -0.39 is 10.0 Å². The molecule has 2 amide bonds. The Bertz CT molecular complexity index is 800. The Balaban J connectivity index is 2.06. The lowest BCUT2D eigenvalue weighted by molar-refractivity contribution is 0.262. The summed E-state index contributed by atoms with van der Waals surface area (Å²) in [6.45, 7) is 4.90. The highest BCUT2D eigenvalue weighted by Gasteiger charge is 2.22. The number of carbonyl (C=O) groups excluding carboxylic acids is 1. The zero-order valence-electron chi connectivity index (χ0n) is 15.1. The number of amides is 2. The number of nitrogens with zero attached hydrogens (tertiary/aromatic N) is 1. The number of anilines is 2. The lowest BCUT2D eigenvalue weighted by Gasteiger charge is -2.21. The molecular formula is C19H25N3O3S. The molecule has 0 aliphatic rings. The third kappa shape index (κ3) is 5.31. The first-order valence-corrected chi connectivity index (χ1v) is 10.1. The SMILES string of the molecule is CCCN(CCC)S(=O)(=O)c1ccc(NC(=O)Nc2ccccc2)cc1. The van der Waals surface area contributed by atoms with E-state index in [1.165, 1.54) is 16.4 Å². The summed E-state index contributed by atoms with van der Waals surface area (Å²) in [5.41, 5.74) is 1.20. The van der Waals surface area contributed by atoms with Crippen LogP contribution in [0.25, 0.3) is 0 Å². The smallest absolute Gasteiger partial charge is 0.308 e. The Morgan fingerprint density at radius 1 is 0.846 bits per heavy atom. The fraction of sp³-hybridized carbons (Fsp3) is 0.316. The first-order chi connectivity index (χ1) is 12.5. The maximum absolute atomic E-state index is 12.7. The van der Waals surface area contributed by atoms with Crippen LogP contribution in [0.3, 0.4) is 0 Å². The van der Waals surface area contributed by atoms with Crippen molar-refractivity contribution < 1.29 is 13.2 Å². The second kappa shape index (κ2) is 9.35. The predicted octanol–water partition coefficient (Wildman–Crippen LogP) is 4.14. The summed E-state index contributed by atoms with van der Waals surface area (Å²) in [6, 6.07) is 14.9. The van der Waals surface area contributed by atoms with E-state index in [4.69, 9.17) is 0 Å². The fourth-order valence-electron chi connectivity index (χ4n) is 2.53. The van der Waals surface area contributed by atoms with Crippen molar-refractivity contribution in [2.75, 3.05) is 23.7 Å². The summed E-state index contributed by atoms with van der Waals surface area (Å²) < 4.78 is 26.9. The highest BCUT2D eigenvalue weighted by Crippen LogP contribution is 2.19. The summed E-state index contributed by atoms with van der Waals surface area (Å²) in [6.07, 6.45) is 1.52. The Kier molecular flexibility index (Phi) is 7.17. The first-order valence-electron chi connectivity index (χ1n) is 8.70. The van der Waals surface area contributed by atoms with Gasteiger partial charge in [0.15, 0.2) is 0 Å². The van der Waals surface area contributed by atoms with E-state index in [0.717, 1.165) is 12.8 Å². The molecule has 0 aliphatic heterocycles. The Morgan fingerprint density at radius 2 is 1.35 bits per heavy atom. The topological polar surface area (TPSA) is 78.5 Å². The molecule has 0 aliphatic carbocycles. The molecule has 2 aromatic carbocycles. The number of urea groups is 1. The van der Waals surface area contributed by atoms with E-state index in [1.807, 2.05) is 32.0 Å². The second-order valence-corrected chi connectivity index (χ2v) is 7.81. The van der Waals surface area contributed by atoms with E-state index in [0.29, 0.717) is 24.5 Å². The standard InChI is InChI=1S/C19H25N3O3S/c1-3-14-22(15-4-2)26(24,25)18-12-10-17(11-13-18)21-19(23)20-16-8-6-5-7-9-16/h5-13H,3-4,14-15H2,1-2H3,(H2,20,21,23). The number of nitrogens with one attached hydrogen (secondary N) is 2. The van der Waals surface area contributed by atoms with Crippen LogP contribution in [-0.2, 0) is 10.0 Å². The number of hydrogen-bond donors (Lipinski definition) is 2. The van der Waals surface area contributed by atoms with Gasteiger partial charge in [-0.25, -0.2) is 13.2 Å². The molecule has 0 spiro atoms. The molecule has 6 nitrogen and oxygen atoms in total. The minimum atomic E-state index is -3.51. The molecule has 0 fully saturated rings. The van der Waals surface area contributed by atoms with Crippen LogP contribution in [0.2, 0.25) is 0 Å². The maximum Gasteiger partial charge on any atom is 0.323 e. The van der Waals surface area contributed by atoms with Crippen molar-refractivity contribution in [3.05, 3.63) is 54.6 Å². The quantitative estimate of drug-likeness (QED) is 0.728. The van der Waals surface area contributed by atoms with Crippen molar-refractivity contribution in [1.29, 1.82) is 0 Å². The minimum absolute atomic E-state index is 0.230. The van der Waals surface area contributed by atoms with Gasteiger partial charge in [-0.1, -0.05) is 32.0 Å². The van der Waals surface area contributed by atoms with Crippen molar-refractivity contribution in [3.63, 3.8) is 0 Å². The van der Waals surface area contributed by atoms with E-state index in [2.05, 4.69) is 10.6 Å². The molecule has 26 heavy (non-hydrogen) atoms. The van der Waals surface area contributed by atoms with Crippen LogP contribution in [0.15, 0.2) is 59.5 Å². The van der Waals surface area contributed by atoms with Crippen molar-refractivity contribution in [2.45, 2.75) is 31.6 Å². The molecule has 0 aromatic heterocycles. The number of sulfonamides is 1. The zero-order chi connectivity index (χ0) is 19.0. The third-order valence-corrected chi connectivity index (χ3v) is 5.64. The molecule has 0 atom stereocenters. The van der Waals surface area contributed by atoms with Crippen LogP contribution in [0.1, 0.15) is 26.7 Å². The Hall–Kier alpha value is -2.38. The van der Waals surface area contributed by atoms with Crippen LogP contribution >= 0.6 is 0 Å². The van der Waals surface area contributed by atoms with Crippen LogP contribution in [-0.4, -0.2) is 31.8 Å². The molecule has 0 saturated carbocycles. The van der Waals surface area contributed by atoms with Gasteiger partial charge in [0, 0.05) is 24.5 Å². The summed E-state index contributed by atoms with van der Waals surface area (Å²) in [4.78, 5) is 12.2. The van der Waals surface area contributed by atoms with Gasteiger partial charge in [-0.3, -0.25) is 0 Å². The number of carbonyl (C=O) groups is 1. The van der Waals surface area contributed by atoms with Crippen molar-refractivity contribution in [1.82, 2.24) is 4.31 Å². The lowest BCUT2D eigenvalue weighted by atomic mass is 10.3. The van der Waals surface area contributed by atoms with Crippen molar-refractivity contribution in [3.8, 4) is 0 Å². The molecule has 0 bridgehead atoms. The highest BCUT2D eigenvalue weighted by molar-refractivity contribution is 7.89. The second-order valence-electron chi connectivity index (χ2n) is 5.87. The third-order valence-electron chi connectivity index (χ3n) is 3.73. The number of hydrogen-bond acceptors (Lipinski definition) is 3. The molecular weight excluding hydrogens is 350 g/mol. The zero-order valence-corrected chi connectivity index (χ0v) is 15.9. The predicted molar refractivity (Wildman–Crippen MR) is 105 cm³/mol. The minimum Gasteiger partial charge on any atom is -0.308 e. The molecule has 2 aromatic rings. The molecule has 7 heteroatoms. The summed E-state index contributed by atoms with van der Waals surface area (Å²) in [5.74, 6) is 0. The summed E-state index contributed by atoms with van der Waals surface area (Å²) in [5, 5.41) is 5.40. The van der Waals surface area contributed by atoms with Crippen LogP contribution < -0.4 is 10.6 Å². The molecule has 2 N–H and O–H groups in total. The van der Waals surface area contributed by atoms with E-state index in [-0.39, 0.29) is 10.9 Å². The maximum atomic E-state index is 12.7. The average Bonchev–Trinajstić information content (AvgIpc) is 2.62. The summed E-state index contributed by atoms with van der Waals surface area (Å²) >= 11 is 0. The fourth-order valence-corrected chi connectivity index (χ4v) is 4.15. The Labute approximate surface area is 155 Å². The monoisotopic (exact) mass is 375 g/mol. The number of benzene rings is 2. The van der Waals surface area contributed by atoms with Crippen LogP contribution in [0, 0.1) is 0 Å². The highest BCUT2D eigenvalue weighted by atomic mass is 32.2. The van der Waals surface area contributed by atoms with Gasteiger partial charge < -0.3 is 10.6 Å². The Morgan fingerprint density at radius 3 is 1.85 bits per heavy atom. The molecule has 0 radical (unpaired) electrons. The van der Waals surface area contributed by atoms with Crippen molar-refractivity contribution >= 4 is 27.4 Å². The lowest BCUT2D eigenvalue weighted by Crippen LogP contribution is -2.32.